The molecule has 0 saturated heterocycles. The van der Waals surface area contributed by atoms with E-state index >= 15 is 0 Å². The summed E-state index contributed by atoms with van der Waals surface area (Å²) in [5.41, 5.74) is 15.5. The Balaban J connectivity index is -0.000000291. The first kappa shape index (κ1) is 28.1. The minimum absolute atomic E-state index is 0.0208. The van der Waals surface area contributed by atoms with Gasteiger partial charge in [0, 0.05) is 0 Å². The fourth-order valence-electron chi connectivity index (χ4n) is 1.18. The van der Waals surface area contributed by atoms with E-state index in [-0.39, 0.29) is 11.8 Å². The highest BCUT2D eigenvalue weighted by molar-refractivity contribution is 5.73. The fraction of sp³-hybridized carbons (Fsp3) is 0.812. The van der Waals surface area contributed by atoms with Crippen molar-refractivity contribution in [3.8, 4) is 0 Å². The summed E-state index contributed by atoms with van der Waals surface area (Å²) in [7, 11) is 0. The molecule has 25 heavy (non-hydrogen) atoms. The summed E-state index contributed by atoms with van der Waals surface area (Å²) < 4.78 is 0. The van der Waals surface area contributed by atoms with E-state index in [0.29, 0.717) is 12.3 Å². The third-order valence-electron chi connectivity index (χ3n) is 3.05. The molecule has 0 spiro atoms. The molecule has 0 aliphatic heterocycles. The second-order valence-corrected chi connectivity index (χ2v) is 6.79. The normalized spacial score (nSPS) is 13.9. The van der Waals surface area contributed by atoms with Crippen LogP contribution in [0.25, 0.3) is 0 Å². The van der Waals surface area contributed by atoms with Crippen molar-refractivity contribution in [3.63, 3.8) is 0 Å². The van der Waals surface area contributed by atoms with Crippen LogP contribution < -0.4 is 17.2 Å². The molecule has 9 heteroatoms. The van der Waals surface area contributed by atoms with E-state index in [1.165, 1.54) is 0 Å². The summed E-state index contributed by atoms with van der Waals surface area (Å²) in [6.45, 7) is 11.0. The lowest BCUT2D eigenvalue weighted by atomic mass is 10.1. The van der Waals surface area contributed by atoms with Gasteiger partial charge in [0.2, 0.25) is 0 Å². The molecule has 9 nitrogen and oxygen atoms in total. The van der Waals surface area contributed by atoms with Crippen LogP contribution in [0.2, 0.25) is 0 Å². The second-order valence-electron chi connectivity index (χ2n) is 6.79. The number of carbonyl (C=O) groups is 3. The molecule has 0 fully saturated rings. The van der Waals surface area contributed by atoms with Crippen molar-refractivity contribution in [1.82, 2.24) is 0 Å². The largest absolute Gasteiger partial charge is 0.480 e. The molecule has 0 aromatic rings. The Morgan fingerprint density at radius 3 is 1.00 bits per heavy atom. The highest BCUT2D eigenvalue weighted by Crippen LogP contribution is 2.01. The molecule has 0 saturated carbocycles. The van der Waals surface area contributed by atoms with Crippen molar-refractivity contribution in [3.05, 3.63) is 0 Å². The van der Waals surface area contributed by atoms with Gasteiger partial charge in [-0.3, -0.25) is 14.4 Å². The minimum atomic E-state index is -0.931. The molecule has 9 N–H and O–H groups in total. The summed E-state index contributed by atoms with van der Waals surface area (Å²) in [6.07, 6.45) is 0.551. The Morgan fingerprint density at radius 2 is 0.960 bits per heavy atom. The van der Waals surface area contributed by atoms with Gasteiger partial charge >= 0.3 is 17.9 Å². The molecule has 0 bridgehead atoms. The smallest absolute Gasteiger partial charge is 0.320 e. The van der Waals surface area contributed by atoms with E-state index in [0.717, 1.165) is 0 Å². The summed E-state index contributed by atoms with van der Waals surface area (Å²) in [4.78, 5) is 30.1. The molecular formula is C16H35N3O6. The van der Waals surface area contributed by atoms with Gasteiger partial charge in [-0.05, 0) is 24.2 Å². The van der Waals surface area contributed by atoms with Crippen molar-refractivity contribution in [2.75, 3.05) is 0 Å². The van der Waals surface area contributed by atoms with Crippen LogP contribution in [0.5, 0.6) is 0 Å². The number of carboxylic acids is 3. The number of aliphatic carboxylic acids is 3. The number of rotatable bonds is 7. The van der Waals surface area contributed by atoms with Gasteiger partial charge in [0.1, 0.15) is 18.1 Å². The first-order chi connectivity index (χ1) is 11.1. The van der Waals surface area contributed by atoms with Gasteiger partial charge in [-0.2, -0.15) is 0 Å². The molecule has 2 unspecified atom stereocenters. The molecule has 0 aromatic carbocycles. The van der Waals surface area contributed by atoms with Crippen LogP contribution in [-0.2, 0) is 14.4 Å². The van der Waals surface area contributed by atoms with Gasteiger partial charge in [0.25, 0.3) is 0 Å². The van der Waals surface area contributed by atoms with Gasteiger partial charge in [0.05, 0.1) is 0 Å². The van der Waals surface area contributed by atoms with Gasteiger partial charge in [-0.1, -0.05) is 41.5 Å². The average molecular weight is 365 g/mol. The van der Waals surface area contributed by atoms with Crippen LogP contribution in [-0.4, -0.2) is 51.4 Å². The molecule has 0 aromatic heterocycles. The van der Waals surface area contributed by atoms with Crippen molar-refractivity contribution >= 4 is 17.9 Å². The van der Waals surface area contributed by atoms with Gasteiger partial charge in [0.15, 0.2) is 0 Å². The van der Waals surface area contributed by atoms with Crippen LogP contribution in [0.1, 0.15) is 48.0 Å². The van der Waals surface area contributed by atoms with Crippen LogP contribution >= 0.6 is 0 Å². The van der Waals surface area contributed by atoms with Gasteiger partial charge in [-0.25, -0.2) is 0 Å². The van der Waals surface area contributed by atoms with Crippen molar-refractivity contribution in [2.24, 2.45) is 35.0 Å². The van der Waals surface area contributed by atoms with Gasteiger partial charge < -0.3 is 32.5 Å². The zero-order chi connectivity index (χ0) is 20.9. The van der Waals surface area contributed by atoms with E-state index in [1.807, 2.05) is 13.8 Å². The molecule has 150 valence electrons. The SMILES string of the molecule is CC(C)C(N)C(=O)O.CC(C)CC(N)C(=O)O.CC(C)[C@H](N)C(=O)O. The zero-order valence-corrected chi connectivity index (χ0v) is 16.0. The van der Waals surface area contributed by atoms with E-state index in [1.54, 1.807) is 27.7 Å². The molecule has 0 heterocycles. The first-order valence-electron chi connectivity index (χ1n) is 8.10. The summed E-state index contributed by atoms with van der Waals surface area (Å²) >= 11 is 0. The van der Waals surface area contributed by atoms with Crippen LogP contribution in [0.15, 0.2) is 0 Å². The third kappa shape index (κ3) is 18.5. The minimum Gasteiger partial charge on any atom is -0.480 e. The molecule has 0 rings (SSSR count). The van der Waals surface area contributed by atoms with Crippen molar-refractivity contribution < 1.29 is 29.7 Å². The van der Waals surface area contributed by atoms with Crippen molar-refractivity contribution in [1.29, 1.82) is 0 Å². The van der Waals surface area contributed by atoms with Gasteiger partial charge in [-0.15, -0.1) is 0 Å². The quantitative estimate of drug-likeness (QED) is 0.374. The van der Waals surface area contributed by atoms with Crippen LogP contribution in [0.4, 0.5) is 0 Å². The zero-order valence-electron chi connectivity index (χ0n) is 16.0. The summed E-state index contributed by atoms with van der Waals surface area (Å²) in [5, 5.41) is 24.8. The van der Waals surface area contributed by atoms with E-state index in [2.05, 4.69) is 0 Å². The highest BCUT2D eigenvalue weighted by Gasteiger charge is 2.15. The Bertz CT molecular complexity index is 375. The molecule has 0 amide bonds. The number of hydrogen-bond donors (Lipinski definition) is 6. The molecule has 0 aliphatic carbocycles. The predicted molar refractivity (Wildman–Crippen MR) is 96.0 cm³/mol. The second kappa shape index (κ2) is 14.6. The van der Waals surface area contributed by atoms with E-state index < -0.39 is 36.0 Å². The first-order valence-corrected chi connectivity index (χ1v) is 8.10. The Labute approximate surface area is 149 Å². The maximum atomic E-state index is 10.1. The lowest BCUT2D eigenvalue weighted by Gasteiger charge is -2.07. The maximum absolute atomic E-state index is 10.1. The van der Waals surface area contributed by atoms with Crippen LogP contribution in [0.3, 0.4) is 0 Å². The van der Waals surface area contributed by atoms with E-state index in [9.17, 15) is 14.4 Å². The predicted octanol–water partition coefficient (Wildman–Crippen LogP) is 0.553. The molecule has 0 aliphatic rings. The lowest BCUT2D eigenvalue weighted by Crippen LogP contribution is -2.34. The van der Waals surface area contributed by atoms with E-state index in [4.69, 9.17) is 32.5 Å². The standard InChI is InChI=1S/C6H13NO2.2C5H11NO2/c1-4(2)3-5(7)6(8)9;2*1-3(2)4(6)5(7)8/h4-5H,3,7H2,1-2H3,(H,8,9);2*3-4H,6H2,1-2H3,(H,7,8)/t;4-;/m.0./s1. The highest BCUT2D eigenvalue weighted by atomic mass is 16.4. The Morgan fingerprint density at radius 1 is 0.680 bits per heavy atom. The molecular weight excluding hydrogens is 330 g/mol. The van der Waals surface area contributed by atoms with Crippen molar-refractivity contribution in [2.45, 2.75) is 66.1 Å². The monoisotopic (exact) mass is 365 g/mol. The number of carboxylic acid groups (broad SMARTS) is 3. The third-order valence-corrected chi connectivity index (χ3v) is 3.05. The fourth-order valence-corrected chi connectivity index (χ4v) is 1.18. The molecule has 3 atom stereocenters. The lowest BCUT2D eigenvalue weighted by molar-refractivity contribution is -0.140. The summed E-state index contributed by atoms with van der Waals surface area (Å²) in [5.74, 6) is -2.38. The van der Waals surface area contributed by atoms with Crippen LogP contribution in [0, 0.1) is 17.8 Å². The number of hydrogen-bond acceptors (Lipinski definition) is 6. The maximum Gasteiger partial charge on any atom is 0.320 e. The topological polar surface area (TPSA) is 190 Å². The number of nitrogens with two attached hydrogens (primary N) is 3. The summed E-state index contributed by atoms with van der Waals surface area (Å²) in [6, 6.07) is -2.12. The Hall–Kier alpha value is -1.71. The Kier molecular flexibility index (Phi) is 16.4. The molecule has 0 radical (unpaired) electrons. The average Bonchev–Trinajstić information content (AvgIpc) is 2.45.